The number of carbonyl (C=O) groups is 1. The molecule has 0 radical (unpaired) electrons. The first-order valence-electron chi connectivity index (χ1n) is 9.44. The van der Waals surface area contributed by atoms with Crippen LogP contribution < -0.4 is 10.1 Å². The van der Waals surface area contributed by atoms with Gasteiger partial charge in [0, 0.05) is 11.6 Å². The minimum atomic E-state index is -3.93. The van der Waals surface area contributed by atoms with Gasteiger partial charge in [-0.1, -0.05) is 35.9 Å². The monoisotopic (exact) mass is 452 g/mol. The molecule has 0 spiro atoms. The van der Waals surface area contributed by atoms with E-state index in [1.807, 2.05) is 13.0 Å². The molecule has 10 heteroatoms. The fourth-order valence-electron chi connectivity index (χ4n) is 2.92. The highest BCUT2D eigenvalue weighted by Crippen LogP contribution is 2.21. The maximum absolute atomic E-state index is 12.8. The molecule has 0 unspecified atom stereocenters. The molecule has 0 aliphatic heterocycles. The van der Waals surface area contributed by atoms with Crippen molar-refractivity contribution >= 4 is 33.5 Å². The Labute approximate surface area is 185 Å². The SMILES string of the molecule is Cc1ccc(NS(=O)(=O)c2cccc(C(=O)N/N=C\c3ccccc3[N+](=O)[O-])c2)c(C)c1. The van der Waals surface area contributed by atoms with Crippen molar-refractivity contribution in [3.8, 4) is 0 Å². The summed E-state index contributed by atoms with van der Waals surface area (Å²) in [5, 5.41) is 14.8. The lowest BCUT2D eigenvalue weighted by Gasteiger charge is -2.12. The van der Waals surface area contributed by atoms with Gasteiger partial charge in [0.25, 0.3) is 21.6 Å². The van der Waals surface area contributed by atoms with E-state index in [0.717, 1.165) is 17.3 Å². The van der Waals surface area contributed by atoms with E-state index in [4.69, 9.17) is 0 Å². The smallest absolute Gasteiger partial charge is 0.278 e. The third-order valence-electron chi connectivity index (χ3n) is 4.54. The number of hydrogen-bond donors (Lipinski definition) is 2. The molecule has 0 aliphatic rings. The summed E-state index contributed by atoms with van der Waals surface area (Å²) in [7, 11) is -3.93. The molecule has 32 heavy (non-hydrogen) atoms. The average molecular weight is 452 g/mol. The summed E-state index contributed by atoms with van der Waals surface area (Å²) in [6, 6.07) is 16.7. The molecular weight excluding hydrogens is 432 g/mol. The Morgan fingerprint density at radius 1 is 1.03 bits per heavy atom. The number of carbonyl (C=O) groups excluding carboxylic acids is 1. The number of nitrogens with one attached hydrogen (secondary N) is 2. The van der Waals surface area contributed by atoms with E-state index in [1.54, 1.807) is 25.1 Å². The number of nitrogens with zero attached hydrogens (tertiary/aromatic N) is 2. The van der Waals surface area contributed by atoms with Gasteiger partial charge in [0.05, 0.1) is 27.3 Å². The molecule has 9 nitrogen and oxygen atoms in total. The highest BCUT2D eigenvalue weighted by molar-refractivity contribution is 7.92. The van der Waals surface area contributed by atoms with Gasteiger partial charge in [0.1, 0.15) is 0 Å². The van der Waals surface area contributed by atoms with E-state index in [0.29, 0.717) is 5.69 Å². The van der Waals surface area contributed by atoms with Crippen LogP contribution in [0.25, 0.3) is 0 Å². The molecule has 3 rings (SSSR count). The molecule has 0 atom stereocenters. The lowest BCUT2D eigenvalue weighted by Crippen LogP contribution is -2.19. The number of sulfonamides is 1. The number of nitro groups is 1. The maximum Gasteiger partial charge on any atom is 0.278 e. The van der Waals surface area contributed by atoms with Gasteiger partial charge in [-0.05, 0) is 49.7 Å². The molecule has 0 saturated carbocycles. The number of hydrazone groups is 1. The normalized spacial score (nSPS) is 11.3. The van der Waals surface area contributed by atoms with E-state index >= 15 is 0 Å². The summed E-state index contributed by atoms with van der Waals surface area (Å²) in [5.74, 6) is -0.664. The third-order valence-corrected chi connectivity index (χ3v) is 5.90. The molecule has 0 bridgehead atoms. The number of para-hydroxylation sites is 1. The minimum Gasteiger partial charge on any atom is -0.279 e. The van der Waals surface area contributed by atoms with Crippen molar-refractivity contribution in [2.75, 3.05) is 4.72 Å². The summed E-state index contributed by atoms with van der Waals surface area (Å²) < 4.78 is 28.1. The van der Waals surface area contributed by atoms with Gasteiger partial charge in [0.2, 0.25) is 0 Å². The van der Waals surface area contributed by atoms with Gasteiger partial charge in [0.15, 0.2) is 0 Å². The van der Waals surface area contributed by atoms with Gasteiger partial charge in [-0.3, -0.25) is 19.6 Å². The molecule has 0 saturated heterocycles. The topological polar surface area (TPSA) is 131 Å². The van der Waals surface area contributed by atoms with Crippen LogP contribution >= 0.6 is 0 Å². The maximum atomic E-state index is 12.8. The number of amides is 1. The Bertz CT molecular complexity index is 1320. The predicted octanol–water partition coefficient (Wildman–Crippen LogP) is 3.78. The zero-order chi connectivity index (χ0) is 23.3. The third kappa shape index (κ3) is 5.35. The van der Waals surface area contributed by atoms with Crippen molar-refractivity contribution in [2.24, 2.45) is 5.10 Å². The molecular formula is C22H20N4O5S. The van der Waals surface area contributed by atoms with Gasteiger partial charge in [-0.2, -0.15) is 5.10 Å². The lowest BCUT2D eigenvalue weighted by atomic mass is 10.1. The molecule has 3 aromatic rings. The second-order valence-corrected chi connectivity index (χ2v) is 8.65. The first-order valence-corrected chi connectivity index (χ1v) is 10.9. The van der Waals surface area contributed by atoms with Crippen LogP contribution in [-0.4, -0.2) is 25.5 Å². The van der Waals surface area contributed by atoms with Crippen LogP contribution in [0.1, 0.15) is 27.0 Å². The lowest BCUT2D eigenvalue weighted by molar-refractivity contribution is -0.385. The number of benzene rings is 3. The summed E-state index contributed by atoms with van der Waals surface area (Å²) in [5.41, 5.74) is 4.59. The van der Waals surface area contributed by atoms with Crippen LogP contribution in [-0.2, 0) is 10.0 Å². The van der Waals surface area contributed by atoms with E-state index in [9.17, 15) is 23.3 Å². The Kier molecular flexibility index (Phi) is 6.64. The van der Waals surface area contributed by atoms with E-state index < -0.39 is 20.9 Å². The molecule has 0 fully saturated rings. The van der Waals surface area contributed by atoms with Crippen molar-refractivity contribution < 1.29 is 18.1 Å². The van der Waals surface area contributed by atoms with Crippen LogP contribution in [0.2, 0.25) is 0 Å². The van der Waals surface area contributed by atoms with E-state index in [1.165, 1.54) is 42.5 Å². The summed E-state index contributed by atoms with van der Waals surface area (Å²) in [6.07, 6.45) is 1.15. The minimum absolute atomic E-state index is 0.0632. The molecule has 0 aromatic heterocycles. The fourth-order valence-corrected chi connectivity index (χ4v) is 4.10. The number of hydrogen-bond acceptors (Lipinski definition) is 6. The highest BCUT2D eigenvalue weighted by atomic mass is 32.2. The Morgan fingerprint density at radius 3 is 2.50 bits per heavy atom. The first-order chi connectivity index (χ1) is 15.2. The molecule has 0 aliphatic carbocycles. The first kappa shape index (κ1) is 22.6. The number of rotatable bonds is 7. The molecule has 1 amide bonds. The molecule has 3 aromatic carbocycles. The van der Waals surface area contributed by atoms with Gasteiger partial charge in [-0.15, -0.1) is 0 Å². The van der Waals surface area contributed by atoms with Gasteiger partial charge in [-0.25, -0.2) is 13.8 Å². The fraction of sp³-hybridized carbons (Fsp3) is 0.0909. The summed E-state index contributed by atoms with van der Waals surface area (Å²) >= 11 is 0. The number of nitro benzene ring substituents is 1. The summed E-state index contributed by atoms with van der Waals surface area (Å²) in [6.45, 7) is 3.70. The standard InChI is InChI=1S/C22H20N4O5S/c1-15-10-11-20(16(2)12-15)25-32(30,31)19-8-5-7-17(13-19)22(27)24-23-14-18-6-3-4-9-21(18)26(28)29/h3-14,25H,1-2H3,(H,24,27)/b23-14-. The molecule has 2 N–H and O–H groups in total. The predicted molar refractivity (Wildman–Crippen MR) is 121 cm³/mol. The summed E-state index contributed by atoms with van der Waals surface area (Å²) in [4.78, 5) is 22.8. The quantitative estimate of drug-likeness (QED) is 0.320. The van der Waals surface area contributed by atoms with Crippen molar-refractivity contribution in [3.05, 3.63) is 99.1 Å². The van der Waals surface area contributed by atoms with E-state index in [2.05, 4.69) is 15.2 Å². The zero-order valence-electron chi connectivity index (χ0n) is 17.3. The van der Waals surface area contributed by atoms with Crippen LogP contribution in [0.3, 0.4) is 0 Å². The van der Waals surface area contributed by atoms with Crippen LogP contribution in [0, 0.1) is 24.0 Å². The average Bonchev–Trinajstić information content (AvgIpc) is 2.76. The largest absolute Gasteiger partial charge is 0.279 e. The number of aryl methyl sites for hydroxylation is 2. The number of anilines is 1. The Hall–Kier alpha value is -4.05. The van der Waals surface area contributed by atoms with Crippen molar-refractivity contribution in [1.29, 1.82) is 0 Å². The van der Waals surface area contributed by atoms with Crippen molar-refractivity contribution in [2.45, 2.75) is 18.7 Å². The van der Waals surface area contributed by atoms with Crippen LogP contribution in [0.5, 0.6) is 0 Å². The Balaban J connectivity index is 1.76. The van der Waals surface area contributed by atoms with Gasteiger partial charge < -0.3 is 0 Å². The molecule has 164 valence electrons. The molecule has 0 heterocycles. The second-order valence-electron chi connectivity index (χ2n) is 6.97. The highest BCUT2D eigenvalue weighted by Gasteiger charge is 2.17. The van der Waals surface area contributed by atoms with E-state index in [-0.39, 0.29) is 21.7 Å². The zero-order valence-corrected chi connectivity index (χ0v) is 18.1. The van der Waals surface area contributed by atoms with Gasteiger partial charge >= 0.3 is 0 Å². The van der Waals surface area contributed by atoms with Crippen LogP contribution in [0.15, 0.2) is 76.7 Å². The Morgan fingerprint density at radius 2 is 1.78 bits per heavy atom. The van der Waals surface area contributed by atoms with Crippen molar-refractivity contribution in [1.82, 2.24) is 5.43 Å². The second kappa shape index (κ2) is 9.40. The van der Waals surface area contributed by atoms with Crippen LogP contribution in [0.4, 0.5) is 11.4 Å². The van der Waals surface area contributed by atoms with Crippen molar-refractivity contribution in [3.63, 3.8) is 0 Å².